The van der Waals surface area contributed by atoms with E-state index in [1.54, 1.807) is 12.4 Å². The second-order valence-corrected chi connectivity index (χ2v) is 4.34. The van der Waals surface area contributed by atoms with Crippen molar-refractivity contribution in [2.75, 3.05) is 0 Å². The Balaban J connectivity index is 2.53. The lowest BCUT2D eigenvalue weighted by Crippen LogP contribution is -2.11. The second kappa shape index (κ2) is 4.55. The van der Waals surface area contributed by atoms with Gasteiger partial charge in [-0.2, -0.15) is 0 Å². The van der Waals surface area contributed by atoms with E-state index in [4.69, 9.17) is 0 Å². The summed E-state index contributed by atoms with van der Waals surface area (Å²) in [4.78, 5) is 8.72. The number of hydrogen-bond acceptors (Lipinski definition) is 2. The monoisotopic (exact) mass is 228 g/mol. The molecule has 12 heavy (non-hydrogen) atoms. The van der Waals surface area contributed by atoms with Crippen LogP contribution in [0.2, 0.25) is 0 Å². The molecule has 0 radical (unpaired) electrons. The van der Waals surface area contributed by atoms with E-state index in [2.05, 4.69) is 39.7 Å². The van der Waals surface area contributed by atoms with Gasteiger partial charge in [0.1, 0.15) is 0 Å². The van der Waals surface area contributed by atoms with Crippen molar-refractivity contribution in [2.45, 2.75) is 25.1 Å². The van der Waals surface area contributed by atoms with Crippen molar-refractivity contribution >= 4 is 15.9 Å². The van der Waals surface area contributed by atoms with E-state index in [0.717, 1.165) is 12.1 Å². The zero-order valence-corrected chi connectivity index (χ0v) is 8.95. The zero-order chi connectivity index (χ0) is 8.97. The number of alkyl halides is 1. The number of nitrogens with zero attached hydrogens (tertiary/aromatic N) is 2. The van der Waals surface area contributed by atoms with Gasteiger partial charge in [0, 0.05) is 29.8 Å². The molecule has 0 N–H and O–H groups in total. The van der Waals surface area contributed by atoms with Crippen LogP contribution in [0.3, 0.4) is 0 Å². The van der Waals surface area contributed by atoms with Crippen molar-refractivity contribution in [2.24, 2.45) is 5.92 Å². The third-order valence-corrected chi connectivity index (χ3v) is 3.13. The normalized spacial score (nSPS) is 13.3. The molecule has 0 saturated heterocycles. The maximum absolute atomic E-state index is 4.21. The number of aromatic nitrogens is 2. The van der Waals surface area contributed by atoms with E-state index in [9.17, 15) is 0 Å². The van der Waals surface area contributed by atoms with Crippen LogP contribution in [0.4, 0.5) is 0 Å². The molecule has 0 aliphatic rings. The van der Waals surface area contributed by atoms with Crippen LogP contribution < -0.4 is 0 Å². The van der Waals surface area contributed by atoms with Gasteiger partial charge in [-0.15, -0.1) is 0 Å². The Morgan fingerprint density at radius 2 is 2.17 bits per heavy atom. The van der Waals surface area contributed by atoms with Gasteiger partial charge in [-0.3, -0.25) is 9.97 Å². The summed E-state index contributed by atoms with van der Waals surface area (Å²) in [5.74, 6) is 0.631. The third kappa shape index (κ3) is 2.89. The topological polar surface area (TPSA) is 25.8 Å². The highest BCUT2D eigenvalue weighted by molar-refractivity contribution is 9.09. The van der Waals surface area contributed by atoms with E-state index in [0.29, 0.717) is 10.7 Å². The van der Waals surface area contributed by atoms with Gasteiger partial charge in [-0.1, -0.05) is 29.8 Å². The highest BCUT2D eigenvalue weighted by Crippen LogP contribution is 2.15. The van der Waals surface area contributed by atoms with Crippen LogP contribution in [0, 0.1) is 5.92 Å². The standard InChI is InChI=1S/C9H13BrN2/c1-7(2)9(10)5-8-6-11-3-4-12-8/h3-4,6-7,9H,5H2,1-2H3. The molecule has 0 spiro atoms. The van der Waals surface area contributed by atoms with Crippen LogP contribution in [-0.2, 0) is 6.42 Å². The predicted molar refractivity (Wildman–Crippen MR) is 53.3 cm³/mol. The molecule has 1 aromatic heterocycles. The van der Waals surface area contributed by atoms with Crippen molar-refractivity contribution in [3.63, 3.8) is 0 Å². The average Bonchev–Trinajstić information content (AvgIpc) is 2.06. The third-order valence-electron chi connectivity index (χ3n) is 1.74. The summed E-state index contributed by atoms with van der Waals surface area (Å²) >= 11 is 3.61. The Morgan fingerprint density at radius 3 is 2.67 bits per heavy atom. The van der Waals surface area contributed by atoms with Crippen molar-refractivity contribution < 1.29 is 0 Å². The molecule has 0 aliphatic heterocycles. The summed E-state index contributed by atoms with van der Waals surface area (Å²) < 4.78 is 0. The van der Waals surface area contributed by atoms with Crippen molar-refractivity contribution in [3.05, 3.63) is 24.3 Å². The lowest BCUT2D eigenvalue weighted by atomic mass is 10.1. The largest absolute Gasteiger partial charge is 0.261 e. The lowest BCUT2D eigenvalue weighted by molar-refractivity contribution is 0.606. The molecule has 0 aliphatic carbocycles. The second-order valence-electron chi connectivity index (χ2n) is 3.16. The number of halogens is 1. The lowest BCUT2D eigenvalue weighted by Gasteiger charge is -2.11. The van der Waals surface area contributed by atoms with Crippen LogP contribution in [0.15, 0.2) is 18.6 Å². The van der Waals surface area contributed by atoms with E-state index in [1.807, 2.05) is 6.20 Å². The Kier molecular flexibility index (Phi) is 3.66. The quantitative estimate of drug-likeness (QED) is 0.744. The minimum Gasteiger partial charge on any atom is -0.261 e. The SMILES string of the molecule is CC(C)C(Br)Cc1cnccn1. The summed E-state index contributed by atoms with van der Waals surface area (Å²) in [5.41, 5.74) is 1.05. The fraction of sp³-hybridized carbons (Fsp3) is 0.556. The van der Waals surface area contributed by atoms with Crippen LogP contribution in [0.25, 0.3) is 0 Å². The Labute approximate surface area is 81.6 Å². The van der Waals surface area contributed by atoms with E-state index in [-0.39, 0.29) is 0 Å². The maximum Gasteiger partial charge on any atom is 0.0597 e. The van der Waals surface area contributed by atoms with Gasteiger partial charge in [0.2, 0.25) is 0 Å². The smallest absolute Gasteiger partial charge is 0.0597 e. The minimum atomic E-state index is 0.495. The molecule has 66 valence electrons. The van der Waals surface area contributed by atoms with Crippen molar-refractivity contribution in [1.82, 2.24) is 9.97 Å². The molecule has 1 heterocycles. The van der Waals surface area contributed by atoms with Crippen molar-refractivity contribution in [3.8, 4) is 0 Å². The van der Waals surface area contributed by atoms with Crippen LogP contribution in [0.5, 0.6) is 0 Å². The molecule has 3 heteroatoms. The molecule has 0 bridgehead atoms. The summed E-state index contributed by atoms with van der Waals surface area (Å²) in [5, 5.41) is 0. The van der Waals surface area contributed by atoms with Gasteiger partial charge < -0.3 is 0 Å². The average molecular weight is 229 g/mol. The van der Waals surface area contributed by atoms with Crippen LogP contribution in [-0.4, -0.2) is 14.8 Å². The van der Waals surface area contributed by atoms with Gasteiger partial charge in [0.25, 0.3) is 0 Å². The molecule has 1 atom stereocenters. The molecular weight excluding hydrogens is 216 g/mol. The molecule has 0 saturated carbocycles. The first-order valence-electron chi connectivity index (χ1n) is 4.09. The maximum atomic E-state index is 4.21. The Hall–Kier alpha value is -0.440. The fourth-order valence-corrected chi connectivity index (χ4v) is 1.20. The van der Waals surface area contributed by atoms with Gasteiger partial charge in [0.15, 0.2) is 0 Å². The summed E-state index contributed by atoms with van der Waals surface area (Å²) in [7, 11) is 0. The van der Waals surface area contributed by atoms with Crippen molar-refractivity contribution in [1.29, 1.82) is 0 Å². The Morgan fingerprint density at radius 1 is 1.42 bits per heavy atom. The molecule has 0 aromatic carbocycles. The molecule has 0 fully saturated rings. The number of hydrogen-bond donors (Lipinski definition) is 0. The van der Waals surface area contributed by atoms with Gasteiger partial charge in [-0.05, 0) is 5.92 Å². The predicted octanol–water partition coefficient (Wildman–Crippen LogP) is 2.44. The first-order valence-corrected chi connectivity index (χ1v) is 5.00. The Bertz CT molecular complexity index is 223. The molecule has 1 rings (SSSR count). The minimum absolute atomic E-state index is 0.495. The van der Waals surface area contributed by atoms with E-state index >= 15 is 0 Å². The molecular formula is C9H13BrN2. The molecule has 1 unspecified atom stereocenters. The van der Waals surface area contributed by atoms with Crippen LogP contribution in [0.1, 0.15) is 19.5 Å². The molecule has 0 amide bonds. The van der Waals surface area contributed by atoms with E-state index in [1.165, 1.54) is 0 Å². The van der Waals surface area contributed by atoms with Crippen LogP contribution >= 0.6 is 15.9 Å². The molecule has 1 aromatic rings. The zero-order valence-electron chi connectivity index (χ0n) is 7.37. The highest BCUT2D eigenvalue weighted by atomic mass is 79.9. The van der Waals surface area contributed by atoms with E-state index < -0.39 is 0 Å². The first-order chi connectivity index (χ1) is 5.70. The number of rotatable bonds is 3. The first kappa shape index (κ1) is 9.65. The van der Waals surface area contributed by atoms with Gasteiger partial charge in [0.05, 0.1) is 5.69 Å². The fourth-order valence-electron chi connectivity index (χ4n) is 0.871. The summed E-state index contributed by atoms with van der Waals surface area (Å²) in [6.07, 6.45) is 6.19. The van der Waals surface area contributed by atoms with Gasteiger partial charge in [-0.25, -0.2) is 0 Å². The molecule has 2 nitrogen and oxygen atoms in total. The summed E-state index contributed by atoms with van der Waals surface area (Å²) in [6.45, 7) is 4.38. The van der Waals surface area contributed by atoms with Gasteiger partial charge >= 0.3 is 0 Å². The summed E-state index contributed by atoms with van der Waals surface area (Å²) in [6, 6.07) is 0. The highest BCUT2D eigenvalue weighted by Gasteiger charge is 2.10.